The average Bonchev–Trinajstić information content (AvgIpc) is 2.52. The third-order valence-corrected chi connectivity index (χ3v) is 3.07. The van der Waals surface area contributed by atoms with Crippen molar-refractivity contribution >= 4 is 5.97 Å². The number of hydrogen-bond donors (Lipinski definition) is 0. The van der Waals surface area contributed by atoms with Crippen LogP contribution in [-0.4, -0.2) is 17.6 Å². The van der Waals surface area contributed by atoms with E-state index in [1.54, 1.807) is 12.3 Å². The molecule has 1 heterocycles. The first kappa shape index (κ1) is 14.3. The van der Waals surface area contributed by atoms with Gasteiger partial charge < -0.3 is 4.74 Å². The quantitative estimate of drug-likeness (QED) is 0.585. The lowest BCUT2D eigenvalue weighted by molar-refractivity contribution is 0.0499. The number of hydrogen-bond acceptors (Lipinski definition) is 3. The van der Waals surface area contributed by atoms with Crippen molar-refractivity contribution < 1.29 is 9.53 Å². The van der Waals surface area contributed by atoms with E-state index in [-0.39, 0.29) is 5.97 Å². The van der Waals surface area contributed by atoms with Crippen LogP contribution in [0.2, 0.25) is 0 Å². The predicted molar refractivity (Wildman–Crippen MR) is 79.5 cm³/mol. The van der Waals surface area contributed by atoms with Crippen LogP contribution in [-0.2, 0) is 4.74 Å². The number of carbonyl (C=O) groups is 1. The fourth-order valence-electron chi connectivity index (χ4n) is 2.00. The summed E-state index contributed by atoms with van der Waals surface area (Å²) in [5, 5.41) is 0. The fraction of sp³-hybridized carbons (Fsp3) is 0.294. The third-order valence-electron chi connectivity index (χ3n) is 3.07. The number of unbranched alkanes of at least 4 members (excludes halogenated alkanes) is 2. The Hall–Kier alpha value is -2.16. The van der Waals surface area contributed by atoms with Crippen molar-refractivity contribution in [3.05, 3.63) is 54.2 Å². The highest BCUT2D eigenvalue weighted by molar-refractivity contribution is 5.96. The zero-order chi connectivity index (χ0) is 14.2. The number of benzene rings is 1. The van der Waals surface area contributed by atoms with Crippen molar-refractivity contribution in [2.75, 3.05) is 6.61 Å². The van der Waals surface area contributed by atoms with Gasteiger partial charge in [0.1, 0.15) is 0 Å². The van der Waals surface area contributed by atoms with Crippen LogP contribution in [0.1, 0.15) is 36.5 Å². The third kappa shape index (κ3) is 3.67. The Morgan fingerprint density at radius 2 is 1.90 bits per heavy atom. The molecule has 0 aliphatic carbocycles. The molecule has 0 fully saturated rings. The summed E-state index contributed by atoms with van der Waals surface area (Å²) in [6.07, 6.45) is 4.82. The number of esters is 1. The number of rotatable bonds is 6. The van der Waals surface area contributed by atoms with E-state index in [2.05, 4.69) is 11.9 Å². The Kier molecular flexibility index (Phi) is 5.30. The van der Waals surface area contributed by atoms with Gasteiger partial charge in [0.25, 0.3) is 0 Å². The summed E-state index contributed by atoms with van der Waals surface area (Å²) in [6, 6.07) is 13.1. The summed E-state index contributed by atoms with van der Waals surface area (Å²) >= 11 is 0. The molecule has 20 heavy (non-hydrogen) atoms. The van der Waals surface area contributed by atoms with Gasteiger partial charge in [-0.15, -0.1) is 0 Å². The zero-order valence-electron chi connectivity index (χ0n) is 11.7. The largest absolute Gasteiger partial charge is 0.462 e. The Morgan fingerprint density at radius 1 is 1.10 bits per heavy atom. The molecule has 0 unspecified atom stereocenters. The second kappa shape index (κ2) is 7.43. The molecule has 3 heteroatoms. The summed E-state index contributed by atoms with van der Waals surface area (Å²) in [6.45, 7) is 2.60. The SMILES string of the molecule is CCCCCOC(=O)c1ccccc1-c1ccccn1. The Morgan fingerprint density at radius 3 is 2.65 bits per heavy atom. The van der Waals surface area contributed by atoms with E-state index < -0.39 is 0 Å². The Labute approximate surface area is 119 Å². The van der Waals surface area contributed by atoms with Crippen molar-refractivity contribution in [1.82, 2.24) is 4.98 Å². The summed E-state index contributed by atoms with van der Waals surface area (Å²) in [5.41, 5.74) is 2.17. The minimum absolute atomic E-state index is 0.276. The lowest BCUT2D eigenvalue weighted by Gasteiger charge is -2.09. The molecular formula is C17H19NO2. The molecule has 104 valence electrons. The zero-order valence-corrected chi connectivity index (χ0v) is 11.7. The van der Waals surface area contributed by atoms with Crippen LogP contribution in [0.5, 0.6) is 0 Å². The standard InChI is InChI=1S/C17H19NO2/c1-2-3-8-13-20-17(19)15-10-5-4-9-14(15)16-11-6-7-12-18-16/h4-7,9-12H,2-3,8,13H2,1H3. The van der Waals surface area contributed by atoms with Gasteiger partial charge in [0.05, 0.1) is 17.9 Å². The van der Waals surface area contributed by atoms with Crippen molar-refractivity contribution in [3.63, 3.8) is 0 Å². The highest BCUT2D eigenvalue weighted by Crippen LogP contribution is 2.22. The van der Waals surface area contributed by atoms with Crippen molar-refractivity contribution in [3.8, 4) is 11.3 Å². The molecule has 0 N–H and O–H groups in total. The highest BCUT2D eigenvalue weighted by atomic mass is 16.5. The van der Waals surface area contributed by atoms with E-state index in [0.29, 0.717) is 12.2 Å². The number of ether oxygens (including phenoxy) is 1. The molecule has 0 radical (unpaired) electrons. The van der Waals surface area contributed by atoms with Gasteiger partial charge in [0.15, 0.2) is 0 Å². The molecule has 0 atom stereocenters. The molecule has 0 saturated carbocycles. The molecule has 0 aliphatic rings. The van der Waals surface area contributed by atoms with Gasteiger partial charge >= 0.3 is 5.97 Å². The van der Waals surface area contributed by atoms with E-state index in [0.717, 1.165) is 30.5 Å². The summed E-state index contributed by atoms with van der Waals surface area (Å²) in [5.74, 6) is -0.276. The average molecular weight is 269 g/mol. The van der Waals surface area contributed by atoms with E-state index >= 15 is 0 Å². The van der Waals surface area contributed by atoms with E-state index in [4.69, 9.17) is 4.74 Å². The first-order valence-corrected chi connectivity index (χ1v) is 7.00. The second-order valence-electron chi connectivity index (χ2n) is 4.60. The first-order valence-electron chi connectivity index (χ1n) is 7.00. The molecule has 1 aromatic heterocycles. The Bertz CT molecular complexity index is 552. The van der Waals surface area contributed by atoms with Crippen molar-refractivity contribution in [2.45, 2.75) is 26.2 Å². The topological polar surface area (TPSA) is 39.2 Å². The maximum Gasteiger partial charge on any atom is 0.338 e. The lowest BCUT2D eigenvalue weighted by Crippen LogP contribution is -2.08. The van der Waals surface area contributed by atoms with Gasteiger partial charge in [-0.2, -0.15) is 0 Å². The fourth-order valence-corrected chi connectivity index (χ4v) is 2.00. The summed E-state index contributed by atoms with van der Waals surface area (Å²) in [7, 11) is 0. The predicted octanol–water partition coefficient (Wildman–Crippen LogP) is 4.10. The first-order chi connectivity index (χ1) is 9.83. The molecule has 2 rings (SSSR count). The number of nitrogens with zero attached hydrogens (tertiary/aromatic N) is 1. The maximum atomic E-state index is 12.2. The number of carbonyl (C=O) groups excluding carboxylic acids is 1. The maximum absolute atomic E-state index is 12.2. The van der Waals surface area contributed by atoms with Gasteiger partial charge in [-0.25, -0.2) is 4.79 Å². The normalized spacial score (nSPS) is 10.2. The molecule has 2 aromatic rings. The molecule has 0 bridgehead atoms. The summed E-state index contributed by atoms with van der Waals surface area (Å²) < 4.78 is 5.33. The molecular weight excluding hydrogens is 250 g/mol. The van der Waals surface area contributed by atoms with E-state index in [1.807, 2.05) is 36.4 Å². The van der Waals surface area contributed by atoms with Gasteiger partial charge in [0, 0.05) is 11.8 Å². The van der Waals surface area contributed by atoms with Crippen molar-refractivity contribution in [1.29, 1.82) is 0 Å². The molecule has 1 aromatic carbocycles. The van der Waals surface area contributed by atoms with Crippen LogP contribution in [0.4, 0.5) is 0 Å². The van der Waals surface area contributed by atoms with Crippen LogP contribution in [0.25, 0.3) is 11.3 Å². The minimum atomic E-state index is -0.276. The van der Waals surface area contributed by atoms with Crippen LogP contribution < -0.4 is 0 Å². The van der Waals surface area contributed by atoms with Gasteiger partial charge in [-0.05, 0) is 24.6 Å². The van der Waals surface area contributed by atoms with Crippen LogP contribution in [0.3, 0.4) is 0 Å². The smallest absolute Gasteiger partial charge is 0.338 e. The number of aromatic nitrogens is 1. The van der Waals surface area contributed by atoms with Gasteiger partial charge in [-0.3, -0.25) is 4.98 Å². The highest BCUT2D eigenvalue weighted by Gasteiger charge is 2.13. The molecule has 0 amide bonds. The summed E-state index contributed by atoms with van der Waals surface area (Å²) in [4.78, 5) is 16.4. The lowest BCUT2D eigenvalue weighted by atomic mass is 10.0. The van der Waals surface area contributed by atoms with Gasteiger partial charge in [-0.1, -0.05) is 44.0 Å². The number of pyridine rings is 1. The van der Waals surface area contributed by atoms with Crippen molar-refractivity contribution in [2.24, 2.45) is 0 Å². The van der Waals surface area contributed by atoms with Crippen LogP contribution in [0.15, 0.2) is 48.7 Å². The molecule has 3 nitrogen and oxygen atoms in total. The Balaban J connectivity index is 2.14. The molecule has 0 saturated heterocycles. The van der Waals surface area contributed by atoms with Crippen LogP contribution in [0, 0.1) is 0 Å². The van der Waals surface area contributed by atoms with E-state index in [1.165, 1.54) is 0 Å². The second-order valence-corrected chi connectivity index (χ2v) is 4.60. The minimum Gasteiger partial charge on any atom is -0.462 e. The van der Waals surface area contributed by atoms with Gasteiger partial charge in [0.2, 0.25) is 0 Å². The monoisotopic (exact) mass is 269 g/mol. The molecule has 0 aliphatic heterocycles. The molecule has 0 spiro atoms. The van der Waals surface area contributed by atoms with Crippen LogP contribution >= 0.6 is 0 Å². The van der Waals surface area contributed by atoms with E-state index in [9.17, 15) is 4.79 Å².